The Bertz CT molecular complexity index is 284. The van der Waals surface area contributed by atoms with Crippen LogP contribution in [0, 0.1) is 5.92 Å². The largest absolute Gasteiger partial charge is 0.367 e. The fourth-order valence-corrected chi connectivity index (χ4v) is 2.17. The van der Waals surface area contributed by atoms with Crippen molar-refractivity contribution in [1.82, 2.24) is 0 Å². The first-order valence-corrected chi connectivity index (χ1v) is 6.26. The second-order valence-electron chi connectivity index (χ2n) is 4.31. The van der Waals surface area contributed by atoms with Gasteiger partial charge in [0.15, 0.2) is 0 Å². The second kappa shape index (κ2) is 6.54. The van der Waals surface area contributed by atoms with E-state index in [9.17, 15) is 0 Å². The molecule has 2 heteroatoms. The Morgan fingerprint density at radius 1 is 1.19 bits per heavy atom. The van der Waals surface area contributed by atoms with Gasteiger partial charge < -0.3 is 10.6 Å². The predicted octanol–water partition coefficient (Wildman–Crippen LogP) is 2.89. The minimum Gasteiger partial charge on any atom is -0.367 e. The molecule has 0 aliphatic carbocycles. The first-order valence-electron chi connectivity index (χ1n) is 6.26. The van der Waals surface area contributed by atoms with E-state index < -0.39 is 0 Å². The van der Waals surface area contributed by atoms with Crippen molar-refractivity contribution in [3.63, 3.8) is 0 Å². The summed E-state index contributed by atoms with van der Waals surface area (Å²) in [5.74, 6) is 0.630. The highest BCUT2D eigenvalue weighted by molar-refractivity contribution is 5.47. The van der Waals surface area contributed by atoms with E-state index in [1.165, 1.54) is 12.1 Å². The van der Waals surface area contributed by atoms with Gasteiger partial charge in [-0.15, -0.1) is 0 Å². The van der Waals surface area contributed by atoms with Crippen molar-refractivity contribution in [3.05, 3.63) is 30.3 Å². The summed E-state index contributed by atoms with van der Waals surface area (Å²) < 4.78 is 0. The Labute approximate surface area is 99.5 Å². The number of rotatable bonds is 6. The zero-order chi connectivity index (χ0) is 12.0. The van der Waals surface area contributed by atoms with Crippen molar-refractivity contribution in [2.45, 2.75) is 33.2 Å². The highest BCUT2D eigenvalue weighted by Crippen LogP contribution is 2.21. The smallest absolute Gasteiger partial charge is 0.0437 e. The lowest BCUT2D eigenvalue weighted by Crippen LogP contribution is -2.44. The number of likely N-dealkylation sites (N-methyl/N-ethyl adjacent to an activating group) is 1. The summed E-state index contributed by atoms with van der Waals surface area (Å²) in [4.78, 5) is 2.41. The van der Waals surface area contributed by atoms with Crippen LogP contribution in [0.2, 0.25) is 0 Å². The van der Waals surface area contributed by atoms with Gasteiger partial charge in [-0.1, -0.05) is 38.5 Å². The Morgan fingerprint density at radius 3 is 2.25 bits per heavy atom. The summed E-state index contributed by atoms with van der Waals surface area (Å²) in [7, 11) is 0. The van der Waals surface area contributed by atoms with Gasteiger partial charge in [-0.05, 0) is 25.0 Å². The van der Waals surface area contributed by atoms with E-state index >= 15 is 0 Å². The average Bonchev–Trinajstić information content (AvgIpc) is 2.36. The average molecular weight is 220 g/mol. The lowest BCUT2D eigenvalue weighted by molar-refractivity contribution is 0.422. The molecule has 1 rings (SSSR count). The molecule has 1 aromatic carbocycles. The van der Waals surface area contributed by atoms with Crippen LogP contribution in [0.1, 0.15) is 27.2 Å². The van der Waals surface area contributed by atoms with E-state index in [4.69, 9.17) is 5.73 Å². The lowest BCUT2D eigenvalue weighted by atomic mass is 9.97. The normalized spacial score (nSPS) is 14.5. The third-order valence-electron chi connectivity index (χ3n) is 3.37. The molecule has 0 saturated carbocycles. The van der Waals surface area contributed by atoms with E-state index in [0.29, 0.717) is 12.0 Å². The summed E-state index contributed by atoms with van der Waals surface area (Å²) in [6, 6.07) is 11.0. The van der Waals surface area contributed by atoms with Crippen LogP contribution in [-0.2, 0) is 0 Å². The van der Waals surface area contributed by atoms with Gasteiger partial charge >= 0.3 is 0 Å². The van der Waals surface area contributed by atoms with Gasteiger partial charge in [-0.25, -0.2) is 0 Å². The van der Waals surface area contributed by atoms with Crippen LogP contribution in [0.25, 0.3) is 0 Å². The molecule has 0 aliphatic rings. The van der Waals surface area contributed by atoms with Crippen LogP contribution >= 0.6 is 0 Å². The second-order valence-corrected chi connectivity index (χ2v) is 4.31. The zero-order valence-corrected chi connectivity index (χ0v) is 10.7. The molecule has 2 N–H and O–H groups in total. The fraction of sp³-hybridized carbons (Fsp3) is 0.571. The monoisotopic (exact) mass is 220 g/mol. The molecule has 0 saturated heterocycles. The number of hydrogen-bond acceptors (Lipinski definition) is 2. The van der Waals surface area contributed by atoms with Crippen molar-refractivity contribution in [2.24, 2.45) is 11.7 Å². The fourth-order valence-electron chi connectivity index (χ4n) is 2.17. The molecule has 90 valence electrons. The molecule has 0 fully saturated rings. The van der Waals surface area contributed by atoms with Gasteiger partial charge in [0.25, 0.3) is 0 Å². The lowest BCUT2D eigenvalue weighted by Gasteiger charge is -2.35. The van der Waals surface area contributed by atoms with Gasteiger partial charge in [-0.3, -0.25) is 0 Å². The maximum absolute atomic E-state index is 5.92. The molecule has 1 aromatic rings. The highest BCUT2D eigenvalue weighted by Gasteiger charge is 2.20. The summed E-state index contributed by atoms with van der Waals surface area (Å²) in [6.45, 7) is 8.43. The predicted molar refractivity (Wildman–Crippen MR) is 71.8 cm³/mol. The minimum atomic E-state index is 0.442. The molecular formula is C14H24N2. The topological polar surface area (TPSA) is 29.3 Å². The van der Waals surface area contributed by atoms with Gasteiger partial charge in [0.2, 0.25) is 0 Å². The molecule has 0 heterocycles. The van der Waals surface area contributed by atoms with Crippen molar-refractivity contribution in [2.75, 3.05) is 18.0 Å². The van der Waals surface area contributed by atoms with E-state index in [1.807, 2.05) is 0 Å². The summed E-state index contributed by atoms with van der Waals surface area (Å²) in [5.41, 5.74) is 7.20. The number of benzene rings is 1. The maximum atomic E-state index is 5.92. The summed E-state index contributed by atoms with van der Waals surface area (Å²) in [6.07, 6.45) is 1.17. The molecule has 2 atom stereocenters. The molecule has 0 spiro atoms. The SMILES string of the molecule is CCC(C)C(CN)N(CC)c1ccccc1. The Hall–Kier alpha value is -1.02. The van der Waals surface area contributed by atoms with Crippen molar-refractivity contribution >= 4 is 5.69 Å². The number of anilines is 1. The molecule has 2 unspecified atom stereocenters. The van der Waals surface area contributed by atoms with Crippen molar-refractivity contribution in [3.8, 4) is 0 Å². The summed E-state index contributed by atoms with van der Waals surface area (Å²) in [5, 5.41) is 0. The Kier molecular flexibility index (Phi) is 5.33. The molecule has 2 nitrogen and oxygen atoms in total. The van der Waals surface area contributed by atoms with Crippen molar-refractivity contribution in [1.29, 1.82) is 0 Å². The van der Waals surface area contributed by atoms with E-state index in [1.54, 1.807) is 0 Å². The van der Waals surface area contributed by atoms with Gasteiger partial charge in [-0.2, -0.15) is 0 Å². The molecular weight excluding hydrogens is 196 g/mol. The van der Waals surface area contributed by atoms with E-state index in [2.05, 4.69) is 56.0 Å². The number of nitrogens with two attached hydrogens (primary N) is 1. The summed E-state index contributed by atoms with van der Waals surface area (Å²) >= 11 is 0. The highest BCUT2D eigenvalue weighted by atomic mass is 15.2. The molecule has 0 radical (unpaired) electrons. The van der Waals surface area contributed by atoms with Crippen LogP contribution in [0.3, 0.4) is 0 Å². The van der Waals surface area contributed by atoms with Gasteiger partial charge in [0.1, 0.15) is 0 Å². The molecule has 0 bridgehead atoms. The molecule has 0 aliphatic heterocycles. The van der Waals surface area contributed by atoms with Crippen molar-refractivity contribution < 1.29 is 0 Å². The molecule has 0 amide bonds. The zero-order valence-electron chi connectivity index (χ0n) is 10.7. The van der Waals surface area contributed by atoms with Crippen LogP contribution in [-0.4, -0.2) is 19.1 Å². The standard InChI is InChI=1S/C14H24N2/c1-4-12(3)14(11-15)16(5-2)13-9-7-6-8-10-13/h6-10,12,14H,4-5,11,15H2,1-3H3. The quantitative estimate of drug-likeness (QED) is 0.798. The third kappa shape index (κ3) is 2.99. The Balaban J connectivity index is 2.87. The molecule has 0 aromatic heterocycles. The van der Waals surface area contributed by atoms with Gasteiger partial charge in [0.05, 0.1) is 0 Å². The van der Waals surface area contributed by atoms with Crippen LogP contribution in [0.5, 0.6) is 0 Å². The number of hydrogen-bond donors (Lipinski definition) is 1. The van der Waals surface area contributed by atoms with Crippen LogP contribution < -0.4 is 10.6 Å². The third-order valence-corrected chi connectivity index (χ3v) is 3.37. The first-order chi connectivity index (χ1) is 7.74. The Morgan fingerprint density at radius 2 is 1.81 bits per heavy atom. The van der Waals surface area contributed by atoms with Crippen LogP contribution in [0.4, 0.5) is 5.69 Å². The number of nitrogens with zero attached hydrogens (tertiary/aromatic N) is 1. The minimum absolute atomic E-state index is 0.442. The maximum Gasteiger partial charge on any atom is 0.0437 e. The van der Waals surface area contributed by atoms with E-state index in [0.717, 1.165) is 13.1 Å². The first kappa shape index (κ1) is 13.0. The van der Waals surface area contributed by atoms with Crippen LogP contribution in [0.15, 0.2) is 30.3 Å². The molecule has 16 heavy (non-hydrogen) atoms. The number of para-hydroxylation sites is 1. The van der Waals surface area contributed by atoms with E-state index in [-0.39, 0.29) is 0 Å². The van der Waals surface area contributed by atoms with Gasteiger partial charge in [0, 0.05) is 24.8 Å².